The van der Waals surface area contributed by atoms with Crippen LogP contribution in [0.5, 0.6) is 0 Å². The van der Waals surface area contributed by atoms with Crippen molar-refractivity contribution in [3.8, 4) is 0 Å². The average molecular weight is 309 g/mol. The van der Waals surface area contributed by atoms with Crippen molar-refractivity contribution >= 4 is 5.91 Å². The van der Waals surface area contributed by atoms with Crippen molar-refractivity contribution in [2.75, 3.05) is 52.5 Å². The standard InChI is InChI=1S/C16H27N3O3/c20-15(16-10-18-7-12(16)3-6-21-11-16)19-4-1-13(2-5-19)22-14-8-17-9-14/h12-14,17-18H,1-11H2/t12-,16+/m1/s1. The smallest absolute Gasteiger partial charge is 0.232 e. The fourth-order valence-corrected chi connectivity index (χ4v) is 4.29. The van der Waals surface area contributed by atoms with Gasteiger partial charge in [0, 0.05) is 39.3 Å². The summed E-state index contributed by atoms with van der Waals surface area (Å²) in [6.45, 7) is 6.75. The predicted molar refractivity (Wildman–Crippen MR) is 81.6 cm³/mol. The Labute approximate surface area is 131 Å². The van der Waals surface area contributed by atoms with Gasteiger partial charge in [-0.2, -0.15) is 0 Å². The summed E-state index contributed by atoms with van der Waals surface area (Å²) in [5, 5.41) is 6.65. The van der Waals surface area contributed by atoms with Gasteiger partial charge in [0.05, 0.1) is 24.2 Å². The van der Waals surface area contributed by atoms with Gasteiger partial charge in [0.2, 0.25) is 5.91 Å². The number of nitrogens with zero attached hydrogens (tertiary/aromatic N) is 1. The Morgan fingerprint density at radius 2 is 1.91 bits per heavy atom. The van der Waals surface area contributed by atoms with E-state index in [4.69, 9.17) is 9.47 Å². The van der Waals surface area contributed by atoms with Crippen LogP contribution in [0, 0.1) is 11.3 Å². The molecular weight excluding hydrogens is 282 g/mol. The third-order valence-electron chi connectivity index (χ3n) is 5.87. The van der Waals surface area contributed by atoms with Crippen LogP contribution in [0.1, 0.15) is 19.3 Å². The first kappa shape index (κ1) is 14.9. The monoisotopic (exact) mass is 309 g/mol. The molecule has 0 bridgehead atoms. The molecule has 0 unspecified atom stereocenters. The van der Waals surface area contributed by atoms with Crippen LogP contribution in [0.25, 0.3) is 0 Å². The van der Waals surface area contributed by atoms with E-state index in [1.54, 1.807) is 0 Å². The second-order valence-corrected chi connectivity index (χ2v) is 7.23. The molecule has 2 atom stereocenters. The molecule has 124 valence electrons. The normalized spacial score (nSPS) is 36.9. The summed E-state index contributed by atoms with van der Waals surface area (Å²) in [6, 6.07) is 0. The van der Waals surface area contributed by atoms with Gasteiger partial charge in [-0.3, -0.25) is 4.79 Å². The third kappa shape index (κ3) is 2.56. The zero-order valence-corrected chi connectivity index (χ0v) is 13.2. The molecule has 2 N–H and O–H groups in total. The highest BCUT2D eigenvalue weighted by Crippen LogP contribution is 2.39. The maximum Gasteiger partial charge on any atom is 0.232 e. The minimum atomic E-state index is -0.302. The molecule has 4 heterocycles. The Kier molecular flexibility index (Phi) is 4.11. The molecule has 4 saturated heterocycles. The van der Waals surface area contributed by atoms with E-state index in [1.807, 2.05) is 0 Å². The Morgan fingerprint density at radius 3 is 2.64 bits per heavy atom. The summed E-state index contributed by atoms with van der Waals surface area (Å²) in [7, 11) is 0. The number of carbonyl (C=O) groups excluding carboxylic acids is 1. The van der Waals surface area contributed by atoms with Gasteiger partial charge in [-0.05, 0) is 31.7 Å². The molecule has 4 rings (SSSR count). The minimum absolute atomic E-state index is 0.302. The van der Waals surface area contributed by atoms with Crippen LogP contribution in [0.2, 0.25) is 0 Å². The summed E-state index contributed by atoms with van der Waals surface area (Å²) in [5.41, 5.74) is -0.302. The molecule has 0 aromatic carbocycles. The highest BCUT2D eigenvalue weighted by atomic mass is 16.5. The fraction of sp³-hybridized carbons (Fsp3) is 0.938. The lowest BCUT2D eigenvalue weighted by Gasteiger charge is -2.43. The number of piperidine rings is 1. The molecule has 0 aromatic rings. The zero-order chi connectivity index (χ0) is 15.0. The minimum Gasteiger partial charge on any atom is -0.380 e. The average Bonchev–Trinajstić information content (AvgIpc) is 2.96. The van der Waals surface area contributed by atoms with Crippen molar-refractivity contribution in [2.24, 2.45) is 11.3 Å². The van der Waals surface area contributed by atoms with E-state index in [9.17, 15) is 4.79 Å². The molecule has 4 aliphatic heterocycles. The predicted octanol–water partition coefficient (Wildman–Crippen LogP) is -0.408. The molecule has 6 heteroatoms. The quantitative estimate of drug-likeness (QED) is 0.742. The molecule has 0 radical (unpaired) electrons. The van der Waals surface area contributed by atoms with Gasteiger partial charge in [-0.25, -0.2) is 0 Å². The lowest BCUT2D eigenvalue weighted by Crippen LogP contribution is -2.56. The first-order valence-electron chi connectivity index (χ1n) is 8.72. The van der Waals surface area contributed by atoms with Crippen LogP contribution in [0.15, 0.2) is 0 Å². The number of fused-ring (bicyclic) bond motifs is 1. The molecule has 22 heavy (non-hydrogen) atoms. The first-order valence-corrected chi connectivity index (χ1v) is 8.72. The Hall–Kier alpha value is -0.690. The molecular formula is C16H27N3O3. The van der Waals surface area contributed by atoms with Crippen molar-refractivity contribution in [2.45, 2.75) is 31.5 Å². The van der Waals surface area contributed by atoms with Crippen LogP contribution in [0.3, 0.4) is 0 Å². The van der Waals surface area contributed by atoms with Crippen LogP contribution >= 0.6 is 0 Å². The Morgan fingerprint density at radius 1 is 1.09 bits per heavy atom. The molecule has 0 saturated carbocycles. The summed E-state index contributed by atoms with van der Waals surface area (Å²) in [4.78, 5) is 15.2. The highest BCUT2D eigenvalue weighted by molar-refractivity contribution is 5.84. The van der Waals surface area contributed by atoms with Gasteiger partial charge < -0.3 is 25.0 Å². The van der Waals surface area contributed by atoms with Gasteiger partial charge in [-0.15, -0.1) is 0 Å². The number of amides is 1. The van der Waals surface area contributed by atoms with Gasteiger partial charge >= 0.3 is 0 Å². The molecule has 0 aliphatic carbocycles. The van der Waals surface area contributed by atoms with E-state index in [0.29, 0.717) is 30.6 Å². The van der Waals surface area contributed by atoms with Gasteiger partial charge in [0.25, 0.3) is 0 Å². The van der Waals surface area contributed by atoms with Crippen molar-refractivity contribution in [3.05, 3.63) is 0 Å². The van der Waals surface area contributed by atoms with E-state index >= 15 is 0 Å². The molecule has 6 nitrogen and oxygen atoms in total. The number of likely N-dealkylation sites (tertiary alicyclic amines) is 1. The van der Waals surface area contributed by atoms with Crippen molar-refractivity contribution in [3.63, 3.8) is 0 Å². The van der Waals surface area contributed by atoms with Crippen LogP contribution in [-0.4, -0.2) is 75.5 Å². The Balaban J connectivity index is 1.35. The summed E-state index contributed by atoms with van der Waals surface area (Å²) >= 11 is 0. The van der Waals surface area contributed by atoms with Crippen LogP contribution in [0.4, 0.5) is 0 Å². The highest BCUT2D eigenvalue weighted by Gasteiger charge is 2.52. The summed E-state index contributed by atoms with van der Waals surface area (Å²) in [5.74, 6) is 0.759. The van der Waals surface area contributed by atoms with E-state index in [1.165, 1.54) is 0 Å². The van der Waals surface area contributed by atoms with Gasteiger partial charge in [0.15, 0.2) is 0 Å². The number of nitrogens with one attached hydrogen (secondary N) is 2. The largest absolute Gasteiger partial charge is 0.380 e. The summed E-state index contributed by atoms with van der Waals surface area (Å²) in [6.07, 6.45) is 3.66. The van der Waals surface area contributed by atoms with E-state index in [-0.39, 0.29) is 5.41 Å². The van der Waals surface area contributed by atoms with E-state index < -0.39 is 0 Å². The topological polar surface area (TPSA) is 62.8 Å². The van der Waals surface area contributed by atoms with Crippen molar-refractivity contribution < 1.29 is 14.3 Å². The second-order valence-electron chi connectivity index (χ2n) is 7.23. The lowest BCUT2D eigenvalue weighted by molar-refractivity contribution is -0.156. The fourth-order valence-electron chi connectivity index (χ4n) is 4.29. The molecule has 0 spiro atoms. The maximum atomic E-state index is 13.1. The number of rotatable bonds is 3. The van der Waals surface area contributed by atoms with Gasteiger partial charge in [0.1, 0.15) is 0 Å². The number of hydrogen-bond donors (Lipinski definition) is 2. The van der Waals surface area contributed by atoms with Crippen LogP contribution in [-0.2, 0) is 14.3 Å². The Bertz CT molecular complexity index is 421. The van der Waals surface area contributed by atoms with E-state index in [0.717, 1.165) is 65.1 Å². The number of hydrogen-bond acceptors (Lipinski definition) is 5. The zero-order valence-electron chi connectivity index (χ0n) is 13.2. The van der Waals surface area contributed by atoms with Gasteiger partial charge in [-0.1, -0.05) is 0 Å². The lowest BCUT2D eigenvalue weighted by atomic mass is 9.74. The third-order valence-corrected chi connectivity index (χ3v) is 5.87. The van der Waals surface area contributed by atoms with Crippen molar-refractivity contribution in [1.29, 1.82) is 0 Å². The molecule has 4 aliphatic rings. The second kappa shape index (κ2) is 6.07. The van der Waals surface area contributed by atoms with Crippen molar-refractivity contribution in [1.82, 2.24) is 15.5 Å². The van der Waals surface area contributed by atoms with Crippen LogP contribution < -0.4 is 10.6 Å². The first-order chi connectivity index (χ1) is 10.8. The molecule has 1 amide bonds. The molecule has 0 aromatic heterocycles. The number of carbonyl (C=O) groups is 1. The molecule has 4 fully saturated rings. The maximum absolute atomic E-state index is 13.1. The summed E-state index contributed by atoms with van der Waals surface area (Å²) < 4.78 is 11.7. The van der Waals surface area contributed by atoms with E-state index in [2.05, 4.69) is 15.5 Å². The SMILES string of the molecule is O=C(N1CCC(OC2CNC2)CC1)[C@]12CNC[C@H]1CCOC2. The number of ether oxygens (including phenoxy) is 2.